The minimum absolute atomic E-state index is 0.0920. The number of carbonyl (C=O) groups is 2. The van der Waals surface area contributed by atoms with Crippen LogP contribution in [0.25, 0.3) is 0 Å². The Bertz CT molecular complexity index is 437. The molecule has 0 amide bonds. The number of halogens is 2. The Morgan fingerprint density at radius 1 is 1.41 bits per heavy atom. The Hall–Kier alpha value is -1.46. The SMILES string of the molecule is O=C(O)CCNCC(=O)c1cc(Cl)ccc1F. The molecule has 0 aliphatic rings. The van der Waals surface area contributed by atoms with E-state index >= 15 is 0 Å². The summed E-state index contributed by atoms with van der Waals surface area (Å²) in [6.07, 6.45) is -0.0920. The lowest BCUT2D eigenvalue weighted by atomic mass is 10.1. The summed E-state index contributed by atoms with van der Waals surface area (Å²) in [7, 11) is 0. The van der Waals surface area contributed by atoms with Crippen LogP contribution in [-0.2, 0) is 4.79 Å². The van der Waals surface area contributed by atoms with Gasteiger partial charge >= 0.3 is 5.97 Å². The molecule has 1 aromatic rings. The maximum Gasteiger partial charge on any atom is 0.304 e. The Morgan fingerprint density at radius 3 is 2.76 bits per heavy atom. The van der Waals surface area contributed by atoms with Crippen LogP contribution in [0.4, 0.5) is 4.39 Å². The fourth-order valence-corrected chi connectivity index (χ4v) is 1.38. The second-order valence-corrected chi connectivity index (χ2v) is 3.80. The van der Waals surface area contributed by atoms with E-state index < -0.39 is 17.6 Å². The van der Waals surface area contributed by atoms with E-state index in [0.29, 0.717) is 0 Å². The highest BCUT2D eigenvalue weighted by atomic mass is 35.5. The van der Waals surface area contributed by atoms with Crippen molar-refractivity contribution in [3.8, 4) is 0 Å². The summed E-state index contributed by atoms with van der Waals surface area (Å²) < 4.78 is 13.3. The normalized spacial score (nSPS) is 10.2. The zero-order valence-electron chi connectivity index (χ0n) is 8.87. The molecule has 0 aromatic heterocycles. The maximum absolute atomic E-state index is 13.3. The molecule has 92 valence electrons. The van der Waals surface area contributed by atoms with Crippen LogP contribution in [0.3, 0.4) is 0 Å². The van der Waals surface area contributed by atoms with Gasteiger partial charge in [-0.3, -0.25) is 9.59 Å². The highest BCUT2D eigenvalue weighted by Gasteiger charge is 2.11. The monoisotopic (exact) mass is 259 g/mol. The number of Topliss-reactive ketones (excluding diaryl/α,β-unsaturated/α-hetero) is 1. The van der Waals surface area contributed by atoms with E-state index in [2.05, 4.69) is 5.32 Å². The fourth-order valence-electron chi connectivity index (χ4n) is 1.20. The van der Waals surface area contributed by atoms with Gasteiger partial charge in [0.15, 0.2) is 5.78 Å². The molecular formula is C11H11ClFNO3. The van der Waals surface area contributed by atoms with Crippen LogP contribution in [0.1, 0.15) is 16.8 Å². The molecule has 4 nitrogen and oxygen atoms in total. The van der Waals surface area contributed by atoms with Gasteiger partial charge in [-0.2, -0.15) is 0 Å². The van der Waals surface area contributed by atoms with Gasteiger partial charge in [-0.15, -0.1) is 0 Å². The molecule has 0 saturated heterocycles. The largest absolute Gasteiger partial charge is 0.481 e. The van der Waals surface area contributed by atoms with Gasteiger partial charge < -0.3 is 10.4 Å². The molecule has 6 heteroatoms. The number of rotatable bonds is 6. The summed E-state index contributed by atoms with van der Waals surface area (Å²) >= 11 is 5.65. The molecule has 1 rings (SSSR count). The molecule has 1 aromatic carbocycles. The standard InChI is InChI=1S/C11H11ClFNO3/c12-7-1-2-9(13)8(5-7)10(15)6-14-4-3-11(16)17/h1-2,5,14H,3-4,6H2,(H,16,17). The molecular weight excluding hydrogens is 249 g/mol. The van der Waals surface area contributed by atoms with Crippen LogP contribution >= 0.6 is 11.6 Å². The molecule has 0 aliphatic carbocycles. The molecule has 0 fully saturated rings. The minimum Gasteiger partial charge on any atom is -0.481 e. The Morgan fingerprint density at radius 2 is 2.12 bits per heavy atom. The van der Waals surface area contributed by atoms with E-state index in [4.69, 9.17) is 16.7 Å². The first-order valence-electron chi connectivity index (χ1n) is 4.91. The van der Waals surface area contributed by atoms with Crippen LogP contribution in [-0.4, -0.2) is 29.9 Å². The third-order valence-electron chi connectivity index (χ3n) is 2.03. The van der Waals surface area contributed by atoms with Gasteiger partial charge in [-0.1, -0.05) is 11.6 Å². The second-order valence-electron chi connectivity index (χ2n) is 3.37. The van der Waals surface area contributed by atoms with Crippen LogP contribution in [0.2, 0.25) is 5.02 Å². The van der Waals surface area contributed by atoms with E-state index in [1.807, 2.05) is 0 Å². The average Bonchev–Trinajstić information content (AvgIpc) is 2.27. The Balaban J connectivity index is 2.52. The predicted molar refractivity (Wildman–Crippen MR) is 60.9 cm³/mol. The van der Waals surface area contributed by atoms with E-state index in [1.54, 1.807) is 0 Å². The predicted octanol–water partition coefficient (Wildman–Crippen LogP) is 1.73. The van der Waals surface area contributed by atoms with Crippen molar-refractivity contribution in [2.24, 2.45) is 0 Å². The van der Waals surface area contributed by atoms with Crippen molar-refractivity contribution < 1.29 is 19.1 Å². The first-order valence-corrected chi connectivity index (χ1v) is 5.29. The number of benzene rings is 1. The summed E-state index contributed by atoms with van der Waals surface area (Å²) in [5, 5.41) is 11.3. The summed E-state index contributed by atoms with van der Waals surface area (Å²) in [4.78, 5) is 21.8. The van der Waals surface area contributed by atoms with Crippen LogP contribution < -0.4 is 5.32 Å². The van der Waals surface area contributed by atoms with Crippen molar-refractivity contribution in [2.75, 3.05) is 13.1 Å². The lowest BCUT2D eigenvalue weighted by Gasteiger charge is -2.04. The lowest BCUT2D eigenvalue weighted by Crippen LogP contribution is -2.26. The van der Waals surface area contributed by atoms with E-state index in [9.17, 15) is 14.0 Å². The first-order chi connectivity index (χ1) is 8.00. The van der Waals surface area contributed by atoms with Crippen LogP contribution in [0, 0.1) is 5.82 Å². The van der Waals surface area contributed by atoms with E-state index in [-0.39, 0.29) is 30.1 Å². The highest BCUT2D eigenvalue weighted by Crippen LogP contribution is 2.15. The number of hydrogen-bond donors (Lipinski definition) is 2. The molecule has 17 heavy (non-hydrogen) atoms. The fraction of sp³-hybridized carbons (Fsp3) is 0.273. The molecule has 0 atom stereocenters. The molecule has 0 spiro atoms. The van der Waals surface area contributed by atoms with Crippen LogP contribution in [0.5, 0.6) is 0 Å². The number of nitrogens with one attached hydrogen (secondary N) is 1. The number of carboxylic acid groups (broad SMARTS) is 1. The number of aliphatic carboxylic acids is 1. The number of carboxylic acids is 1. The molecule has 2 N–H and O–H groups in total. The summed E-state index contributed by atoms with van der Waals surface area (Å²) in [6, 6.07) is 3.72. The molecule has 0 radical (unpaired) electrons. The van der Waals surface area contributed by atoms with Gasteiger partial charge in [0.25, 0.3) is 0 Å². The lowest BCUT2D eigenvalue weighted by molar-refractivity contribution is -0.136. The third-order valence-corrected chi connectivity index (χ3v) is 2.27. The van der Waals surface area contributed by atoms with Crippen molar-refractivity contribution in [1.82, 2.24) is 5.32 Å². The van der Waals surface area contributed by atoms with Crippen molar-refractivity contribution in [3.05, 3.63) is 34.6 Å². The van der Waals surface area contributed by atoms with Crippen LogP contribution in [0.15, 0.2) is 18.2 Å². The van der Waals surface area contributed by atoms with Gasteiger partial charge in [0, 0.05) is 11.6 Å². The Labute approximate surface area is 102 Å². The summed E-state index contributed by atoms with van der Waals surface area (Å²) in [6.45, 7) is 0.0355. The summed E-state index contributed by atoms with van der Waals surface area (Å²) in [5.74, 6) is -2.06. The number of ketones is 1. The van der Waals surface area contributed by atoms with Gasteiger partial charge in [-0.25, -0.2) is 4.39 Å². The zero-order valence-corrected chi connectivity index (χ0v) is 9.63. The minimum atomic E-state index is -0.959. The van der Waals surface area contributed by atoms with Crippen molar-refractivity contribution in [2.45, 2.75) is 6.42 Å². The van der Waals surface area contributed by atoms with Crippen molar-refractivity contribution in [3.63, 3.8) is 0 Å². The Kier molecular flexibility index (Phi) is 5.06. The van der Waals surface area contributed by atoms with Crippen molar-refractivity contribution in [1.29, 1.82) is 0 Å². The second kappa shape index (κ2) is 6.32. The molecule has 0 heterocycles. The third kappa shape index (κ3) is 4.50. The smallest absolute Gasteiger partial charge is 0.304 e. The number of hydrogen-bond acceptors (Lipinski definition) is 3. The maximum atomic E-state index is 13.3. The number of carbonyl (C=O) groups excluding carboxylic acids is 1. The first kappa shape index (κ1) is 13.6. The molecule has 0 aliphatic heterocycles. The van der Waals surface area contributed by atoms with Gasteiger partial charge in [-0.05, 0) is 18.2 Å². The molecule has 0 bridgehead atoms. The van der Waals surface area contributed by atoms with E-state index in [1.165, 1.54) is 12.1 Å². The zero-order chi connectivity index (χ0) is 12.8. The van der Waals surface area contributed by atoms with Gasteiger partial charge in [0.05, 0.1) is 18.5 Å². The molecule has 0 saturated carbocycles. The van der Waals surface area contributed by atoms with Crippen molar-refractivity contribution >= 4 is 23.4 Å². The highest BCUT2D eigenvalue weighted by molar-refractivity contribution is 6.31. The quantitative estimate of drug-likeness (QED) is 0.603. The molecule has 0 unspecified atom stereocenters. The van der Waals surface area contributed by atoms with E-state index in [0.717, 1.165) is 6.07 Å². The topological polar surface area (TPSA) is 66.4 Å². The van der Waals surface area contributed by atoms with Gasteiger partial charge in [0.2, 0.25) is 0 Å². The average molecular weight is 260 g/mol. The van der Waals surface area contributed by atoms with Gasteiger partial charge in [0.1, 0.15) is 5.82 Å². The summed E-state index contributed by atoms with van der Waals surface area (Å²) in [5.41, 5.74) is -0.0969.